The molecule has 1 heterocycles. The van der Waals surface area contributed by atoms with Crippen LogP contribution in [0.25, 0.3) is 0 Å². The van der Waals surface area contributed by atoms with E-state index in [-0.39, 0.29) is 0 Å². The molecule has 0 amide bonds. The van der Waals surface area contributed by atoms with Crippen molar-refractivity contribution in [3.05, 3.63) is 47.9 Å². The molecule has 0 fully saturated rings. The van der Waals surface area contributed by atoms with Crippen molar-refractivity contribution in [2.75, 3.05) is 0 Å². The molecule has 0 aliphatic rings. The highest BCUT2D eigenvalue weighted by atomic mass is 35.5. The molecule has 17 heavy (non-hydrogen) atoms. The number of benzene rings is 1. The van der Waals surface area contributed by atoms with E-state index in [0.717, 1.165) is 5.69 Å². The Kier molecular flexibility index (Phi) is 3.35. The number of ether oxygens (including phenoxy) is 1. The topological polar surface area (TPSA) is 52.1 Å². The first-order valence-electron chi connectivity index (χ1n) is 4.91. The maximum absolute atomic E-state index is 11.0. The van der Waals surface area contributed by atoms with Crippen LogP contribution in [0.15, 0.2) is 36.7 Å². The Bertz CT molecular complexity index is 558. The van der Waals surface area contributed by atoms with Gasteiger partial charge in [-0.15, -0.1) is 0 Å². The van der Waals surface area contributed by atoms with Crippen LogP contribution in [0, 0.1) is 6.92 Å². The lowest BCUT2D eigenvalue weighted by Crippen LogP contribution is -1.93. The van der Waals surface area contributed by atoms with Crippen LogP contribution < -0.4 is 4.74 Å². The van der Waals surface area contributed by atoms with E-state index in [1.165, 1.54) is 6.20 Å². The molecular weight excluding hydrogens is 240 g/mol. The lowest BCUT2D eigenvalue weighted by atomic mass is 10.2. The monoisotopic (exact) mass is 248 g/mol. The van der Waals surface area contributed by atoms with E-state index >= 15 is 0 Å². The standard InChI is InChI=1S/C12H9ClN2O2/c1-8-6-14-7-11(15-8)17-10-4-2-3-9(5-10)12(13)16/h2-7H,1H3. The number of halogens is 1. The number of hydrogen-bond acceptors (Lipinski definition) is 4. The van der Waals surface area contributed by atoms with Crippen LogP contribution in [0.4, 0.5) is 0 Å². The van der Waals surface area contributed by atoms with Crippen molar-refractivity contribution in [2.24, 2.45) is 0 Å². The van der Waals surface area contributed by atoms with Gasteiger partial charge in [-0.2, -0.15) is 0 Å². The minimum absolute atomic E-state index is 0.379. The van der Waals surface area contributed by atoms with E-state index in [2.05, 4.69) is 9.97 Å². The summed E-state index contributed by atoms with van der Waals surface area (Å²) in [4.78, 5) is 19.1. The fourth-order valence-corrected chi connectivity index (χ4v) is 1.41. The quantitative estimate of drug-likeness (QED) is 0.784. The van der Waals surface area contributed by atoms with E-state index in [4.69, 9.17) is 16.3 Å². The molecule has 4 nitrogen and oxygen atoms in total. The molecule has 1 aromatic carbocycles. The second-order valence-electron chi connectivity index (χ2n) is 3.40. The lowest BCUT2D eigenvalue weighted by molar-refractivity contribution is 0.108. The fourth-order valence-electron chi connectivity index (χ4n) is 1.29. The molecule has 0 saturated carbocycles. The molecular formula is C12H9ClN2O2. The predicted octanol–water partition coefficient (Wildman–Crippen LogP) is 2.96. The maximum atomic E-state index is 11.0. The van der Waals surface area contributed by atoms with Crippen LogP contribution in [-0.4, -0.2) is 15.2 Å². The number of carbonyl (C=O) groups excluding carboxylic acids is 1. The van der Waals surface area contributed by atoms with Gasteiger partial charge in [0.05, 0.1) is 11.9 Å². The molecule has 1 aromatic heterocycles. The van der Waals surface area contributed by atoms with Gasteiger partial charge >= 0.3 is 0 Å². The fraction of sp³-hybridized carbons (Fsp3) is 0.0833. The number of nitrogens with zero attached hydrogens (tertiary/aromatic N) is 2. The Hall–Kier alpha value is -1.94. The molecule has 5 heteroatoms. The molecule has 0 N–H and O–H groups in total. The molecule has 0 aliphatic heterocycles. The van der Waals surface area contributed by atoms with Gasteiger partial charge in [0.1, 0.15) is 5.75 Å². The van der Waals surface area contributed by atoms with Crippen molar-refractivity contribution in [3.63, 3.8) is 0 Å². The van der Waals surface area contributed by atoms with Gasteiger partial charge < -0.3 is 4.74 Å². The van der Waals surface area contributed by atoms with Gasteiger partial charge in [0, 0.05) is 11.8 Å². The van der Waals surface area contributed by atoms with Crippen molar-refractivity contribution < 1.29 is 9.53 Å². The highest BCUT2D eigenvalue weighted by Crippen LogP contribution is 2.20. The molecule has 0 spiro atoms. The second kappa shape index (κ2) is 4.93. The maximum Gasteiger partial charge on any atom is 0.252 e. The summed E-state index contributed by atoms with van der Waals surface area (Å²) in [5, 5.41) is -0.522. The first-order valence-corrected chi connectivity index (χ1v) is 5.29. The van der Waals surface area contributed by atoms with Crippen LogP contribution in [0.5, 0.6) is 11.6 Å². The lowest BCUT2D eigenvalue weighted by Gasteiger charge is -2.05. The van der Waals surface area contributed by atoms with Crippen molar-refractivity contribution in [2.45, 2.75) is 6.92 Å². The Labute approximate surface area is 103 Å². The first kappa shape index (κ1) is 11.5. The van der Waals surface area contributed by atoms with Crippen molar-refractivity contribution in [1.29, 1.82) is 0 Å². The van der Waals surface area contributed by atoms with Crippen LogP contribution >= 0.6 is 11.6 Å². The van der Waals surface area contributed by atoms with E-state index in [9.17, 15) is 4.79 Å². The molecule has 0 aliphatic carbocycles. The van der Waals surface area contributed by atoms with Gasteiger partial charge in [-0.25, -0.2) is 4.98 Å². The summed E-state index contributed by atoms with van der Waals surface area (Å²) in [6.45, 7) is 1.82. The summed E-state index contributed by atoms with van der Waals surface area (Å²) in [5.41, 5.74) is 1.14. The normalized spacial score (nSPS) is 10.0. The molecule has 0 atom stereocenters. The van der Waals surface area contributed by atoms with Crippen LogP contribution in [0.2, 0.25) is 0 Å². The van der Waals surface area contributed by atoms with Crippen molar-refractivity contribution >= 4 is 16.8 Å². The zero-order valence-electron chi connectivity index (χ0n) is 9.05. The minimum atomic E-state index is -0.522. The van der Waals surface area contributed by atoms with E-state index in [1.54, 1.807) is 30.5 Å². The number of aromatic nitrogens is 2. The second-order valence-corrected chi connectivity index (χ2v) is 3.75. The first-order chi connectivity index (χ1) is 8.15. The molecule has 2 rings (SSSR count). The van der Waals surface area contributed by atoms with Crippen LogP contribution in [0.3, 0.4) is 0 Å². The molecule has 0 unspecified atom stereocenters. The number of rotatable bonds is 3. The smallest absolute Gasteiger partial charge is 0.252 e. The summed E-state index contributed by atoms with van der Waals surface area (Å²) < 4.78 is 5.47. The average molecular weight is 249 g/mol. The summed E-state index contributed by atoms with van der Waals surface area (Å²) in [6.07, 6.45) is 3.13. The summed E-state index contributed by atoms with van der Waals surface area (Å²) in [6, 6.07) is 6.57. The van der Waals surface area contributed by atoms with Gasteiger partial charge in [-0.05, 0) is 36.7 Å². The van der Waals surface area contributed by atoms with E-state index in [1.807, 2.05) is 6.92 Å². The summed E-state index contributed by atoms with van der Waals surface area (Å²) in [7, 11) is 0. The third-order valence-electron chi connectivity index (χ3n) is 2.02. The Balaban J connectivity index is 2.24. The van der Waals surface area contributed by atoms with Crippen molar-refractivity contribution in [3.8, 4) is 11.6 Å². The third kappa shape index (κ3) is 3.01. The Morgan fingerprint density at radius 2 is 2.18 bits per heavy atom. The van der Waals surface area contributed by atoms with Gasteiger partial charge in [0.25, 0.3) is 5.24 Å². The zero-order valence-corrected chi connectivity index (χ0v) is 9.81. The minimum Gasteiger partial charge on any atom is -0.437 e. The van der Waals surface area contributed by atoms with Gasteiger partial charge in [0.15, 0.2) is 0 Å². The Morgan fingerprint density at radius 1 is 1.35 bits per heavy atom. The number of hydrogen-bond donors (Lipinski definition) is 0. The largest absolute Gasteiger partial charge is 0.437 e. The molecule has 86 valence electrons. The summed E-state index contributed by atoms with van der Waals surface area (Å²) >= 11 is 5.38. The zero-order chi connectivity index (χ0) is 12.3. The SMILES string of the molecule is Cc1cncc(Oc2cccc(C(=O)Cl)c2)n1. The highest BCUT2D eigenvalue weighted by molar-refractivity contribution is 6.67. The molecule has 2 aromatic rings. The average Bonchev–Trinajstić information content (AvgIpc) is 2.29. The Morgan fingerprint density at radius 3 is 2.88 bits per heavy atom. The highest BCUT2D eigenvalue weighted by Gasteiger charge is 2.04. The van der Waals surface area contributed by atoms with Crippen LogP contribution in [-0.2, 0) is 0 Å². The third-order valence-corrected chi connectivity index (χ3v) is 2.23. The van der Waals surface area contributed by atoms with Gasteiger partial charge in [0.2, 0.25) is 5.88 Å². The van der Waals surface area contributed by atoms with Gasteiger partial charge in [-0.1, -0.05) is 6.07 Å². The van der Waals surface area contributed by atoms with E-state index in [0.29, 0.717) is 17.2 Å². The molecule has 0 saturated heterocycles. The summed E-state index contributed by atoms with van der Waals surface area (Å²) in [5.74, 6) is 0.876. The van der Waals surface area contributed by atoms with E-state index < -0.39 is 5.24 Å². The number of aryl methyl sites for hydroxylation is 1. The predicted molar refractivity (Wildman–Crippen MR) is 63.5 cm³/mol. The van der Waals surface area contributed by atoms with Gasteiger partial charge in [-0.3, -0.25) is 9.78 Å². The molecule has 0 bridgehead atoms. The molecule has 0 radical (unpaired) electrons. The van der Waals surface area contributed by atoms with Crippen molar-refractivity contribution in [1.82, 2.24) is 9.97 Å². The number of carbonyl (C=O) groups is 1. The van der Waals surface area contributed by atoms with Crippen LogP contribution in [0.1, 0.15) is 16.1 Å².